The van der Waals surface area contributed by atoms with E-state index in [1.54, 1.807) is 6.08 Å². The minimum atomic E-state index is 0.384. The lowest BCUT2D eigenvalue weighted by atomic mass is 9.83. The van der Waals surface area contributed by atoms with Crippen LogP contribution in [-0.4, -0.2) is 50.3 Å². The minimum Gasteiger partial charge on any atom is -0.375 e. The zero-order chi connectivity index (χ0) is 19.2. The highest BCUT2D eigenvalue weighted by molar-refractivity contribution is 5.00. The maximum atomic E-state index is 5.47. The van der Waals surface area contributed by atoms with E-state index in [4.69, 9.17) is 18.9 Å². The molecule has 0 radical (unpaired) electrons. The Morgan fingerprint density at radius 2 is 1.67 bits per heavy atom. The fraction of sp³-hybridized carbons (Fsp3) is 0.739. The van der Waals surface area contributed by atoms with Crippen LogP contribution in [0.2, 0.25) is 0 Å². The molecule has 3 saturated heterocycles. The summed E-state index contributed by atoms with van der Waals surface area (Å²) in [5.74, 6) is 2.23. The second-order valence-corrected chi connectivity index (χ2v) is 8.39. The van der Waals surface area contributed by atoms with Crippen molar-refractivity contribution >= 4 is 0 Å². The highest BCUT2D eigenvalue weighted by atomic mass is 16.6. The van der Waals surface area contributed by atoms with Crippen molar-refractivity contribution in [1.29, 1.82) is 0 Å². The first-order chi connectivity index (χ1) is 13.1. The van der Waals surface area contributed by atoms with Crippen molar-refractivity contribution < 1.29 is 18.9 Å². The van der Waals surface area contributed by atoms with Gasteiger partial charge in [0.2, 0.25) is 0 Å². The molecule has 4 nitrogen and oxygen atoms in total. The fourth-order valence-corrected chi connectivity index (χ4v) is 4.14. The number of fused-ring (bicyclic) bond motifs is 2. The zero-order valence-corrected chi connectivity index (χ0v) is 16.8. The van der Waals surface area contributed by atoms with Crippen molar-refractivity contribution in [1.82, 2.24) is 0 Å². The summed E-state index contributed by atoms with van der Waals surface area (Å²) in [6, 6.07) is 0. The summed E-state index contributed by atoms with van der Waals surface area (Å²) in [7, 11) is 0. The lowest BCUT2D eigenvalue weighted by molar-refractivity contribution is 0.141. The molecule has 27 heavy (non-hydrogen) atoms. The molecule has 0 N–H and O–H groups in total. The minimum absolute atomic E-state index is 0.384. The van der Waals surface area contributed by atoms with E-state index >= 15 is 0 Å². The maximum absolute atomic E-state index is 5.47. The molecule has 0 aromatic carbocycles. The van der Waals surface area contributed by atoms with Gasteiger partial charge in [-0.2, -0.15) is 0 Å². The Morgan fingerprint density at radius 1 is 0.926 bits per heavy atom. The van der Waals surface area contributed by atoms with Gasteiger partial charge < -0.3 is 18.9 Å². The van der Waals surface area contributed by atoms with Crippen molar-refractivity contribution in [3.05, 3.63) is 38.0 Å². The molecular weight excluding hydrogens is 340 g/mol. The Balaban J connectivity index is 0.000000118. The van der Waals surface area contributed by atoms with Crippen LogP contribution in [0.5, 0.6) is 0 Å². The summed E-state index contributed by atoms with van der Waals surface area (Å²) < 4.78 is 20.8. The van der Waals surface area contributed by atoms with Gasteiger partial charge in [-0.1, -0.05) is 25.2 Å². The first-order valence-electron chi connectivity index (χ1n) is 10.5. The van der Waals surface area contributed by atoms with Crippen molar-refractivity contribution in [3.63, 3.8) is 0 Å². The molecular formula is C23H36O4. The van der Waals surface area contributed by atoms with Crippen molar-refractivity contribution in [2.75, 3.05) is 19.8 Å². The standard InChI is InChI=1S/C9H14O.C8H12O.C6H10O2/c1-3-7-4-6(2)9-8(5-7)10-9;1-2-6-3-4-7-8(5-6)9-7;1-2-3-7-4-6-5-8-6/h3,6-9H,1,4-5H2,2H3;2,6-8H,1,3-5H2;2,6H,1,3-5H2. The van der Waals surface area contributed by atoms with Crippen LogP contribution in [0.3, 0.4) is 0 Å². The van der Waals surface area contributed by atoms with Crippen LogP contribution >= 0.6 is 0 Å². The molecule has 0 spiro atoms. The molecule has 0 aromatic rings. The van der Waals surface area contributed by atoms with Crippen LogP contribution in [0.25, 0.3) is 0 Å². The van der Waals surface area contributed by atoms with Crippen LogP contribution in [0.1, 0.15) is 39.0 Å². The number of hydrogen-bond acceptors (Lipinski definition) is 4. The molecule has 2 saturated carbocycles. The smallest absolute Gasteiger partial charge is 0.104 e. The van der Waals surface area contributed by atoms with E-state index in [1.165, 1.54) is 32.1 Å². The molecule has 152 valence electrons. The van der Waals surface area contributed by atoms with Gasteiger partial charge in [-0.05, 0) is 49.9 Å². The Morgan fingerprint density at radius 3 is 2.26 bits per heavy atom. The van der Waals surface area contributed by atoms with Gasteiger partial charge in [-0.25, -0.2) is 0 Å². The quantitative estimate of drug-likeness (QED) is 0.394. The summed E-state index contributed by atoms with van der Waals surface area (Å²) in [4.78, 5) is 0. The Labute approximate surface area is 164 Å². The van der Waals surface area contributed by atoms with Gasteiger partial charge in [0.25, 0.3) is 0 Å². The summed E-state index contributed by atoms with van der Waals surface area (Å²) in [6.45, 7) is 15.6. The highest BCUT2D eigenvalue weighted by Crippen LogP contribution is 2.43. The average molecular weight is 377 g/mol. The normalized spacial score (nSPS) is 42.6. The Kier molecular flexibility index (Phi) is 7.71. The molecule has 0 amide bonds. The zero-order valence-electron chi connectivity index (χ0n) is 16.8. The van der Waals surface area contributed by atoms with E-state index in [2.05, 4.69) is 38.8 Å². The van der Waals surface area contributed by atoms with Crippen LogP contribution in [0.4, 0.5) is 0 Å². The van der Waals surface area contributed by atoms with E-state index in [1.807, 2.05) is 0 Å². The number of epoxide rings is 3. The van der Waals surface area contributed by atoms with Crippen LogP contribution in [-0.2, 0) is 18.9 Å². The van der Waals surface area contributed by atoms with Gasteiger partial charge in [0.15, 0.2) is 0 Å². The third kappa shape index (κ3) is 6.86. The molecule has 3 aliphatic heterocycles. The predicted octanol–water partition coefficient (Wildman–Crippen LogP) is 4.31. The van der Waals surface area contributed by atoms with Crippen molar-refractivity contribution in [2.24, 2.45) is 17.8 Å². The lowest BCUT2D eigenvalue weighted by Gasteiger charge is -2.19. The second kappa shape index (κ2) is 10.0. The van der Waals surface area contributed by atoms with Gasteiger partial charge in [0.05, 0.1) is 44.2 Å². The maximum Gasteiger partial charge on any atom is 0.104 e. The SMILES string of the molecule is C=CC1CC(C)C2OC2C1.C=CC1CCC2OC2C1.C=CCOCC1CO1. The third-order valence-electron chi connectivity index (χ3n) is 6.05. The van der Waals surface area contributed by atoms with Gasteiger partial charge >= 0.3 is 0 Å². The molecule has 4 heteroatoms. The molecule has 2 aliphatic carbocycles. The number of rotatable bonds is 6. The van der Waals surface area contributed by atoms with E-state index in [-0.39, 0.29) is 0 Å². The van der Waals surface area contributed by atoms with E-state index < -0.39 is 0 Å². The van der Waals surface area contributed by atoms with Gasteiger partial charge in [0.1, 0.15) is 6.10 Å². The summed E-state index contributed by atoms with van der Waals surface area (Å²) in [5.41, 5.74) is 0. The summed E-state index contributed by atoms with van der Waals surface area (Å²) in [6.07, 6.45) is 15.0. The van der Waals surface area contributed by atoms with Crippen LogP contribution < -0.4 is 0 Å². The third-order valence-corrected chi connectivity index (χ3v) is 6.05. The highest BCUT2D eigenvalue weighted by Gasteiger charge is 2.47. The van der Waals surface area contributed by atoms with Crippen molar-refractivity contribution in [3.8, 4) is 0 Å². The first kappa shape index (κ1) is 20.8. The van der Waals surface area contributed by atoms with Gasteiger partial charge in [-0.3, -0.25) is 0 Å². The van der Waals surface area contributed by atoms with E-state index in [9.17, 15) is 0 Å². The molecule has 3 heterocycles. The molecule has 8 unspecified atom stereocenters. The van der Waals surface area contributed by atoms with E-state index in [0.29, 0.717) is 37.1 Å². The topological polar surface area (TPSA) is 46.8 Å². The molecule has 5 fully saturated rings. The summed E-state index contributed by atoms with van der Waals surface area (Å²) in [5, 5.41) is 0. The molecule has 8 atom stereocenters. The average Bonchev–Trinajstić information content (AvgIpc) is 3.55. The Bertz CT molecular complexity index is 501. The lowest BCUT2D eigenvalue weighted by Crippen LogP contribution is -2.19. The molecule has 5 rings (SSSR count). The fourth-order valence-electron chi connectivity index (χ4n) is 4.14. The predicted molar refractivity (Wildman–Crippen MR) is 108 cm³/mol. The first-order valence-corrected chi connectivity index (χ1v) is 10.5. The Hall–Kier alpha value is -0.940. The molecule has 0 bridgehead atoms. The number of ether oxygens (including phenoxy) is 4. The van der Waals surface area contributed by atoms with Gasteiger partial charge in [0, 0.05) is 0 Å². The number of allylic oxidation sites excluding steroid dienone is 2. The van der Waals surface area contributed by atoms with Gasteiger partial charge in [-0.15, -0.1) is 19.7 Å². The molecule has 5 aliphatic rings. The summed E-state index contributed by atoms with van der Waals surface area (Å²) >= 11 is 0. The number of hydrogen-bond donors (Lipinski definition) is 0. The van der Waals surface area contributed by atoms with Crippen LogP contribution in [0.15, 0.2) is 38.0 Å². The van der Waals surface area contributed by atoms with Crippen molar-refractivity contribution in [2.45, 2.75) is 69.5 Å². The largest absolute Gasteiger partial charge is 0.375 e. The molecule has 0 aromatic heterocycles. The van der Waals surface area contributed by atoms with Crippen LogP contribution in [0, 0.1) is 17.8 Å². The monoisotopic (exact) mass is 376 g/mol. The second-order valence-electron chi connectivity index (χ2n) is 8.39. The van der Waals surface area contributed by atoms with E-state index in [0.717, 1.165) is 31.0 Å².